The van der Waals surface area contributed by atoms with Crippen molar-refractivity contribution in [3.63, 3.8) is 0 Å². The molecule has 0 fully saturated rings. The Bertz CT molecular complexity index is 325. The van der Waals surface area contributed by atoms with Crippen molar-refractivity contribution in [1.82, 2.24) is 10.5 Å². The quantitative estimate of drug-likeness (QED) is 0.805. The lowest BCUT2D eigenvalue weighted by atomic mass is 10.1. The van der Waals surface area contributed by atoms with Crippen molar-refractivity contribution in [1.29, 1.82) is 0 Å². The van der Waals surface area contributed by atoms with Gasteiger partial charge >= 0.3 is 0 Å². The van der Waals surface area contributed by atoms with E-state index >= 15 is 0 Å². The number of carbonyl (C=O) groups excluding carboxylic acids is 1. The average Bonchev–Trinajstić information content (AvgIpc) is 2.57. The van der Waals surface area contributed by atoms with E-state index in [-0.39, 0.29) is 5.91 Å². The summed E-state index contributed by atoms with van der Waals surface area (Å²) in [6.45, 7) is 6.56. The van der Waals surface area contributed by atoms with Gasteiger partial charge in [0.25, 0.3) is 0 Å². The molecule has 0 aliphatic carbocycles. The van der Waals surface area contributed by atoms with Gasteiger partial charge in [-0.2, -0.15) is 0 Å². The van der Waals surface area contributed by atoms with E-state index in [1.165, 1.54) is 0 Å². The van der Waals surface area contributed by atoms with Gasteiger partial charge in [-0.05, 0) is 26.7 Å². The highest BCUT2D eigenvalue weighted by atomic mass is 16.5. The van der Waals surface area contributed by atoms with Gasteiger partial charge in [-0.25, -0.2) is 0 Å². The van der Waals surface area contributed by atoms with Crippen LogP contribution in [0.15, 0.2) is 4.52 Å². The number of carbonyl (C=O) groups is 1. The zero-order valence-electron chi connectivity index (χ0n) is 10.3. The van der Waals surface area contributed by atoms with Gasteiger partial charge in [0, 0.05) is 18.5 Å². The van der Waals surface area contributed by atoms with E-state index in [0.717, 1.165) is 36.3 Å². The Labute approximate surface area is 96.4 Å². The summed E-state index contributed by atoms with van der Waals surface area (Å²) < 4.78 is 5.06. The zero-order chi connectivity index (χ0) is 12.0. The first kappa shape index (κ1) is 12.7. The summed E-state index contributed by atoms with van der Waals surface area (Å²) in [5.74, 6) is 0.980. The van der Waals surface area contributed by atoms with Crippen LogP contribution in [-0.2, 0) is 11.2 Å². The molecule has 16 heavy (non-hydrogen) atoms. The number of aryl methyl sites for hydroxylation is 2. The minimum absolute atomic E-state index is 0.133. The Kier molecular flexibility index (Phi) is 5.02. The monoisotopic (exact) mass is 224 g/mol. The third kappa shape index (κ3) is 3.68. The fraction of sp³-hybridized carbons (Fsp3) is 0.667. The molecule has 1 amide bonds. The van der Waals surface area contributed by atoms with Gasteiger partial charge in [-0.3, -0.25) is 4.79 Å². The molecular weight excluding hydrogens is 204 g/mol. The highest BCUT2D eigenvalue weighted by Gasteiger charge is 2.08. The van der Waals surface area contributed by atoms with Crippen LogP contribution in [0.4, 0.5) is 0 Å². The van der Waals surface area contributed by atoms with Crippen LogP contribution in [0.1, 0.15) is 43.2 Å². The standard InChI is InChI=1S/C12H20N2O2/c1-4-5-6-12(15)13-8-7-11-9(2)14-16-10(11)3/h4-8H2,1-3H3,(H,13,15). The SMILES string of the molecule is CCCCC(=O)NCCc1c(C)noc1C. The van der Waals surface area contributed by atoms with Gasteiger partial charge < -0.3 is 9.84 Å². The first-order valence-corrected chi connectivity index (χ1v) is 5.83. The van der Waals surface area contributed by atoms with Gasteiger partial charge in [0.15, 0.2) is 0 Å². The van der Waals surface area contributed by atoms with E-state index in [1.54, 1.807) is 0 Å². The number of hydrogen-bond acceptors (Lipinski definition) is 3. The number of hydrogen-bond donors (Lipinski definition) is 1. The third-order valence-corrected chi connectivity index (χ3v) is 2.64. The summed E-state index contributed by atoms with van der Waals surface area (Å²) in [7, 11) is 0. The maximum Gasteiger partial charge on any atom is 0.220 e. The van der Waals surface area contributed by atoms with Crippen molar-refractivity contribution in [3.8, 4) is 0 Å². The maximum absolute atomic E-state index is 11.4. The third-order valence-electron chi connectivity index (χ3n) is 2.64. The van der Waals surface area contributed by atoms with Gasteiger partial charge in [0.05, 0.1) is 5.69 Å². The summed E-state index contributed by atoms with van der Waals surface area (Å²) in [4.78, 5) is 11.4. The molecule has 0 spiro atoms. The molecule has 1 rings (SSSR count). The second kappa shape index (κ2) is 6.30. The fourth-order valence-corrected chi connectivity index (χ4v) is 1.61. The van der Waals surface area contributed by atoms with Gasteiger partial charge in [-0.15, -0.1) is 0 Å². The lowest BCUT2D eigenvalue weighted by Crippen LogP contribution is -2.25. The number of nitrogens with zero attached hydrogens (tertiary/aromatic N) is 1. The molecule has 0 atom stereocenters. The van der Waals surface area contributed by atoms with Gasteiger partial charge in [-0.1, -0.05) is 18.5 Å². The molecule has 1 heterocycles. The molecule has 0 saturated carbocycles. The molecule has 0 aromatic carbocycles. The van der Waals surface area contributed by atoms with Gasteiger partial charge in [0.2, 0.25) is 5.91 Å². The largest absolute Gasteiger partial charge is 0.361 e. The predicted molar refractivity (Wildman–Crippen MR) is 62.2 cm³/mol. The van der Waals surface area contributed by atoms with E-state index in [9.17, 15) is 4.79 Å². The first-order valence-electron chi connectivity index (χ1n) is 5.83. The lowest BCUT2D eigenvalue weighted by molar-refractivity contribution is -0.121. The Morgan fingerprint density at radius 3 is 2.75 bits per heavy atom. The normalized spacial score (nSPS) is 10.4. The number of rotatable bonds is 6. The van der Waals surface area contributed by atoms with Crippen LogP contribution in [0.2, 0.25) is 0 Å². The lowest BCUT2D eigenvalue weighted by Gasteiger charge is -2.04. The molecule has 0 saturated heterocycles. The number of unbranched alkanes of at least 4 members (excludes halogenated alkanes) is 1. The summed E-state index contributed by atoms with van der Waals surface area (Å²) in [5, 5.41) is 6.78. The molecule has 0 radical (unpaired) electrons. The van der Waals surface area contributed by atoms with Crippen LogP contribution in [-0.4, -0.2) is 17.6 Å². The van der Waals surface area contributed by atoms with Crippen molar-refractivity contribution in [2.24, 2.45) is 0 Å². The van der Waals surface area contributed by atoms with E-state index in [4.69, 9.17) is 4.52 Å². The highest BCUT2D eigenvalue weighted by molar-refractivity contribution is 5.75. The molecule has 0 aliphatic rings. The minimum atomic E-state index is 0.133. The summed E-state index contributed by atoms with van der Waals surface area (Å²) in [6.07, 6.45) is 3.42. The summed E-state index contributed by atoms with van der Waals surface area (Å²) >= 11 is 0. The molecule has 4 heteroatoms. The molecular formula is C12H20N2O2. The topological polar surface area (TPSA) is 55.1 Å². The Morgan fingerprint density at radius 2 is 2.19 bits per heavy atom. The molecule has 4 nitrogen and oxygen atoms in total. The molecule has 1 N–H and O–H groups in total. The van der Waals surface area contributed by atoms with Crippen LogP contribution in [0.3, 0.4) is 0 Å². The Hall–Kier alpha value is -1.32. The number of amides is 1. The number of aromatic nitrogens is 1. The molecule has 1 aromatic heterocycles. The molecule has 0 bridgehead atoms. The van der Waals surface area contributed by atoms with Crippen LogP contribution in [0.25, 0.3) is 0 Å². The molecule has 1 aromatic rings. The smallest absolute Gasteiger partial charge is 0.220 e. The van der Waals surface area contributed by atoms with Crippen molar-refractivity contribution >= 4 is 5.91 Å². The second-order valence-electron chi connectivity index (χ2n) is 4.01. The number of nitrogens with one attached hydrogen (secondary N) is 1. The predicted octanol–water partition coefficient (Wildman–Crippen LogP) is 2.14. The zero-order valence-corrected chi connectivity index (χ0v) is 10.3. The Morgan fingerprint density at radius 1 is 1.44 bits per heavy atom. The van der Waals surface area contributed by atoms with Crippen molar-refractivity contribution in [2.75, 3.05) is 6.54 Å². The first-order chi connectivity index (χ1) is 7.65. The van der Waals surface area contributed by atoms with Crippen molar-refractivity contribution < 1.29 is 9.32 Å². The van der Waals surface area contributed by atoms with Crippen LogP contribution >= 0.6 is 0 Å². The van der Waals surface area contributed by atoms with Crippen molar-refractivity contribution in [3.05, 3.63) is 17.0 Å². The van der Waals surface area contributed by atoms with E-state index < -0.39 is 0 Å². The average molecular weight is 224 g/mol. The molecule has 0 unspecified atom stereocenters. The van der Waals surface area contributed by atoms with E-state index in [1.807, 2.05) is 13.8 Å². The van der Waals surface area contributed by atoms with E-state index in [0.29, 0.717) is 13.0 Å². The van der Waals surface area contributed by atoms with Crippen LogP contribution in [0.5, 0.6) is 0 Å². The fourth-order valence-electron chi connectivity index (χ4n) is 1.61. The van der Waals surface area contributed by atoms with Crippen LogP contribution in [0, 0.1) is 13.8 Å². The summed E-state index contributed by atoms with van der Waals surface area (Å²) in [5.41, 5.74) is 2.02. The maximum atomic E-state index is 11.4. The minimum Gasteiger partial charge on any atom is -0.361 e. The van der Waals surface area contributed by atoms with Gasteiger partial charge in [0.1, 0.15) is 5.76 Å². The van der Waals surface area contributed by atoms with Crippen LogP contribution < -0.4 is 5.32 Å². The van der Waals surface area contributed by atoms with Crippen molar-refractivity contribution in [2.45, 2.75) is 46.5 Å². The Balaban J connectivity index is 2.28. The molecule has 90 valence electrons. The molecule has 0 aliphatic heterocycles. The second-order valence-corrected chi connectivity index (χ2v) is 4.01. The highest BCUT2D eigenvalue weighted by Crippen LogP contribution is 2.12. The summed E-state index contributed by atoms with van der Waals surface area (Å²) in [6, 6.07) is 0. The van der Waals surface area contributed by atoms with E-state index in [2.05, 4.69) is 17.4 Å².